The zero-order chi connectivity index (χ0) is 13.9. The van der Waals surface area contributed by atoms with E-state index < -0.39 is 0 Å². The third-order valence-corrected chi connectivity index (χ3v) is 3.55. The molecule has 1 fully saturated rings. The number of hydrogen-bond donors (Lipinski definition) is 0. The van der Waals surface area contributed by atoms with Gasteiger partial charge in [0.25, 0.3) is 0 Å². The summed E-state index contributed by atoms with van der Waals surface area (Å²) >= 11 is 5.79. The predicted molar refractivity (Wildman–Crippen MR) is 77.8 cm³/mol. The van der Waals surface area contributed by atoms with Crippen LogP contribution in [-0.2, 0) is 0 Å². The van der Waals surface area contributed by atoms with E-state index in [0.29, 0.717) is 11.0 Å². The minimum Gasteiger partial charge on any atom is -0.338 e. The molecule has 0 aliphatic carbocycles. The maximum atomic E-state index is 5.79. The Balaban J connectivity index is 1.84. The lowest BCUT2D eigenvalue weighted by atomic mass is 10.3. The van der Waals surface area contributed by atoms with Gasteiger partial charge in [0.1, 0.15) is 11.5 Å². The average Bonchev–Trinajstić information content (AvgIpc) is 2.49. The van der Waals surface area contributed by atoms with Crippen LogP contribution in [0.1, 0.15) is 0 Å². The Morgan fingerprint density at radius 2 is 1.85 bits per heavy atom. The molecule has 0 saturated carbocycles. The number of nitrogens with zero attached hydrogens (tertiary/aromatic N) is 6. The molecule has 0 aromatic carbocycles. The Labute approximate surface area is 122 Å². The quantitative estimate of drug-likeness (QED) is 0.778. The highest BCUT2D eigenvalue weighted by Gasteiger charge is 2.17. The summed E-state index contributed by atoms with van der Waals surface area (Å²) in [4.78, 5) is 21.5. The molecule has 1 saturated heterocycles. The smallest absolute Gasteiger partial charge is 0.228 e. The summed E-state index contributed by atoms with van der Waals surface area (Å²) in [5, 5.41) is 0.460. The third-order valence-electron chi connectivity index (χ3n) is 3.33. The molecule has 0 radical (unpaired) electrons. The van der Waals surface area contributed by atoms with Gasteiger partial charge in [0, 0.05) is 37.9 Å². The fourth-order valence-electron chi connectivity index (χ4n) is 2.09. The highest BCUT2D eigenvalue weighted by Crippen LogP contribution is 2.17. The van der Waals surface area contributed by atoms with E-state index in [-0.39, 0.29) is 0 Å². The Morgan fingerprint density at radius 1 is 1.05 bits per heavy atom. The lowest BCUT2D eigenvalue weighted by molar-refractivity contribution is 0.311. The van der Waals surface area contributed by atoms with Gasteiger partial charge < -0.3 is 9.80 Å². The summed E-state index contributed by atoms with van der Waals surface area (Å²) in [6, 6.07) is 3.59. The molecule has 6 nitrogen and oxygen atoms in total. The molecule has 0 spiro atoms. The van der Waals surface area contributed by atoms with Crippen molar-refractivity contribution in [1.82, 2.24) is 24.8 Å². The number of rotatable bonds is 2. The average molecular weight is 291 g/mol. The minimum absolute atomic E-state index is 0.460. The molecule has 104 valence electrons. The molecule has 0 N–H and O–H groups in total. The van der Waals surface area contributed by atoms with Gasteiger partial charge in [-0.1, -0.05) is 11.6 Å². The molecule has 3 heterocycles. The van der Waals surface area contributed by atoms with Crippen molar-refractivity contribution < 1.29 is 0 Å². The number of aromatic nitrogens is 4. The van der Waals surface area contributed by atoms with E-state index in [4.69, 9.17) is 11.6 Å². The Morgan fingerprint density at radius 3 is 2.55 bits per heavy atom. The number of likely N-dealkylation sites (N-methyl/N-ethyl adjacent to an activating group) is 1. The molecule has 2 aromatic heterocycles. The van der Waals surface area contributed by atoms with Crippen molar-refractivity contribution in [3.63, 3.8) is 0 Å². The second kappa shape index (κ2) is 5.68. The Hall–Kier alpha value is -1.79. The molecule has 20 heavy (non-hydrogen) atoms. The number of halogens is 1. The second-order valence-electron chi connectivity index (χ2n) is 4.77. The van der Waals surface area contributed by atoms with Crippen molar-refractivity contribution in [2.45, 2.75) is 0 Å². The van der Waals surface area contributed by atoms with Gasteiger partial charge in [-0.05, 0) is 19.2 Å². The van der Waals surface area contributed by atoms with Gasteiger partial charge in [-0.2, -0.15) is 4.98 Å². The zero-order valence-corrected chi connectivity index (χ0v) is 12.0. The van der Waals surface area contributed by atoms with Gasteiger partial charge in [0.2, 0.25) is 5.95 Å². The highest BCUT2D eigenvalue weighted by atomic mass is 35.5. The fourth-order valence-corrected chi connectivity index (χ4v) is 2.21. The first-order chi connectivity index (χ1) is 9.72. The topological polar surface area (TPSA) is 58.0 Å². The van der Waals surface area contributed by atoms with Crippen molar-refractivity contribution in [2.24, 2.45) is 0 Å². The van der Waals surface area contributed by atoms with Gasteiger partial charge in [0.15, 0.2) is 5.82 Å². The fraction of sp³-hybridized carbons (Fsp3) is 0.385. The monoisotopic (exact) mass is 290 g/mol. The Kier molecular flexibility index (Phi) is 3.75. The third kappa shape index (κ3) is 2.86. The summed E-state index contributed by atoms with van der Waals surface area (Å²) in [5.74, 6) is 1.34. The van der Waals surface area contributed by atoms with E-state index in [1.54, 1.807) is 18.6 Å². The first-order valence-electron chi connectivity index (χ1n) is 6.47. The molecule has 3 rings (SSSR count). The van der Waals surface area contributed by atoms with Crippen molar-refractivity contribution in [3.05, 3.63) is 29.8 Å². The van der Waals surface area contributed by atoms with Crippen LogP contribution >= 0.6 is 11.6 Å². The molecule has 1 aliphatic rings. The van der Waals surface area contributed by atoms with Crippen LogP contribution in [0, 0.1) is 0 Å². The highest BCUT2D eigenvalue weighted by molar-refractivity contribution is 6.29. The van der Waals surface area contributed by atoms with Crippen LogP contribution in [0.15, 0.2) is 24.7 Å². The van der Waals surface area contributed by atoms with Crippen molar-refractivity contribution in [1.29, 1.82) is 0 Å². The largest absolute Gasteiger partial charge is 0.338 e. The molecule has 1 aliphatic heterocycles. The van der Waals surface area contributed by atoms with Gasteiger partial charge in [-0.3, -0.25) is 0 Å². The van der Waals surface area contributed by atoms with Crippen LogP contribution in [0.5, 0.6) is 0 Å². The Bertz CT molecular complexity index is 580. The van der Waals surface area contributed by atoms with Crippen LogP contribution in [-0.4, -0.2) is 58.1 Å². The molecule has 0 atom stereocenters. The van der Waals surface area contributed by atoms with Crippen LogP contribution in [0.25, 0.3) is 11.4 Å². The van der Waals surface area contributed by atoms with Crippen LogP contribution in [0.4, 0.5) is 5.95 Å². The van der Waals surface area contributed by atoms with Gasteiger partial charge >= 0.3 is 0 Å². The van der Waals surface area contributed by atoms with E-state index in [2.05, 4.69) is 36.8 Å². The molecular weight excluding hydrogens is 276 g/mol. The molecular formula is C13H15ClN6. The van der Waals surface area contributed by atoms with E-state index in [1.165, 1.54) is 0 Å². The maximum absolute atomic E-state index is 5.79. The van der Waals surface area contributed by atoms with Gasteiger partial charge in [0.05, 0.1) is 0 Å². The normalized spacial score (nSPS) is 16.4. The van der Waals surface area contributed by atoms with Crippen LogP contribution in [0.2, 0.25) is 5.15 Å². The van der Waals surface area contributed by atoms with Crippen molar-refractivity contribution in [2.75, 3.05) is 38.1 Å². The summed E-state index contributed by atoms with van der Waals surface area (Å²) < 4.78 is 0. The summed E-state index contributed by atoms with van der Waals surface area (Å²) in [7, 11) is 2.12. The van der Waals surface area contributed by atoms with E-state index >= 15 is 0 Å². The van der Waals surface area contributed by atoms with E-state index in [9.17, 15) is 0 Å². The minimum atomic E-state index is 0.460. The summed E-state index contributed by atoms with van der Waals surface area (Å²) in [6.07, 6.45) is 3.22. The van der Waals surface area contributed by atoms with Crippen LogP contribution in [0.3, 0.4) is 0 Å². The zero-order valence-electron chi connectivity index (χ0n) is 11.2. The molecule has 0 unspecified atom stereocenters. The number of piperazine rings is 1. The summed E-state index contributed by atoms with van der Waals surface area (Å²) in [5.41, 5.74) is 0.840. The SMILES string of the molecule is CN1CCN(c2ncnc(-c3ccc(Cl)nc3)n2)CC1. The van der Waals surface area contributed by atoms with E-state index in [1.807, 2.05) is 6.07 Å². The maximum Gasteiger partial charge on any atom is 0.228 e. The standard InChI is InChI=1S/C13H15ClN6/c1-19-4-6-20(7-5-19)13-17-9-16-12(18-13)10-2-3-11(14)15-8-10/h2-3,8-9H,4-7H2,1H3. The van der Waals surface area contributed by atoms with Crippen LogP contribution < -0.4 is 4.90 Å². The van der Waals surface area contributed by atoms with Crippen molar-refractivity contribution in [3.8, 4) is 11.4 Å². The predicted octanol–water partition coefficient (Wildman–Crippen LogP) is 1.34. The summed E-state index contributed by atoms with van der Waals surface area (Å²) in [6.45, 7) is 3.89. The lowest BCUT2D eigenvalue weighted by Crippen LogP contribution is -2.45. The lowest BCUT2D eigenvalue weighted by Gasteiger charge is -2.32. The molecule has 0 bridgehead atoms. The van der Waals surface area contributed by atoms with Gasteiger partial charge in [-0.15, -0.1) is 0 Å². The second-order valence-corrected chi connectivity index (χ2v) is 5.16. The molecule has 0 amide bonds. The first kappa shape index (κ1) is 13.2. The number of pyridine rings is 1. The van der Waals surface area contributed by atoms with E-state index in [0.717, 1.165) is 37.7 Å². The first-order valence-corrected chi connectivity index (χ1v) is 6.84. The number of hydrogen-bond acceptors (Lipinski definition) is 6. The molecule has 2 aromatic rings. The number of anilines is 1. The van der Waals surface area contributed by atoms with Crippen molar-refractivity contribution >= 4 is 17.5 Å². The van der Waals surface area contributed by atoms with Gasteiger partial charge in [-0.25, -0.2) is 15.0 Å². The molecule has 7 heteroatoms.